The molecule has 164 valence electrons. The van der Waals surface area contributed by atoms with Gasteiger partial charge in [0.05, 0.1) is 10.9 Å². The number of aromatic nitrogens is 4. The number of anilines is 1. The normalized spacial score (nSPS) is 15.3. The molecule has 7 nitrogen and oxygen atoms in total. The second kappa shape index (κ2) is 9.93. The average molecular weight is 457 g/mol. The van der Waals surface area contributed by atoms with Gasteiger partial charge in [0, 0.05) is 41.0 Å². The number of hydrogen-bond donors (Lipinski definition) is 1. The van der Waals surface area contributed by atoms with Crippen molar-refractivity contribution in [1.29, 1.82) is 0 Å². The Morgan fingerprint density at radius 1 is 1.19 bits per heavy atom. The highest BCUT2D eigenvalue weighted by atomic mass is 32.2. The van der Waals surface area contributed by atoms with Crippen molar-refractivity contribution in [2.75, 3.05) is 32.0 Å². The summed E-state index contributed by atoms with van der Waals surface area (Å²) < 4.78 is 5.91. The molecule has 1 fully saturated rings. The molecule has 1 aliphatic heterocycles. The fourth-order valence-corrected chi connectivity index (χ4v) is 5.74. The first-order chi connectivity index (χ1) is 15.0. The topological polar surface area (TPSA) is 90.0 Å². The van der Waals surface area contributed by atoms with Gasteiger partial charge in [-0.1, -0.05) is 11.8 Å². The number of thiazole rings is 1. The van der Waals surface area contributed by atoms with E-state index in [1.54, 1.807) is 35.4 Å². The summed E-state index contributed by atoms with van der Waals surface area (Å²) >= 11 is 3.26. The van der Waals surface area contributed by atoms with Gasteiger partial charge in [-0.25, -0.2) is 19.9 Å². The Balaban J connectivity index is 1.43. The van der Waals surface area contributed by atoms with Crippen molar-refractivity contribution in [1.82, 2.24) is 24.8 Å². The van der Waals surface area contributed by atoms with E-state index in [1.165, 1.54) is 30.8 Å². The van der Waals surface area contributed by atoms with E-state index in [9.17, 15) is 0 Å². The molecule has 2 N–H and O–H groups in total. The van der Waals surface area contributed by atoms with Gasteiger partial charge in [0.15, 0.2) is 5.16 Å². The van der Waals surface area contributed by atoms with Crippen LogP contribution in [0.2, 0.25) is 0 Å². The van der Waals surface area contributed by atoms with Crippen LogP contribution in [0.4, 0.5) is 5.82 Å². The molecule has 0 aromatic carbocycles. The molecule has 0 saturated carbocycles. The molecular formula is C22H28N6OS2. The third kappa shape index (κ3) is 5.72. The molecule has 0 unspecified atom stereocenters. The molecule has 0 aliphatic carbocycles. The van der Waals surface area contributed by atoms with Crippen molar-refractivity contribution < 1.29 is 4.74 Å². The van der Waals surface area contributed by atoms with Crippen molar-refractivity contribution in [3.8, 4) is 16.5 Å². The van der Waals surface area contributed by atoms with Gasteiger partial charge < -0.3 is 10.5 Å². The number of thioether (sulfide) groups is 1. The predicted molar refractivity (Wildman–Crippen MR) is 127 cm³/mol. The zero-order valence-corrected chi connectivity index (χ0v) is 19.8. The van der Waals surface area contributed by atoms with Crippen LogP contribution in [0, 0.1) is 13.8 Å². The highest BCUT2D eigenvalue weighted by Gasteiger charge is 2.19. The lowest BCUT2D eigenvalue weighted by atomic mass is 10.2. The molecule has 0 spiro atoms. The lowest BCUT2D eigenvalue weighted by molar-refractivity contribution is 0.232. The Labute approximate surface area is 191 Å². The number of aryl methyl sites for hydroxylation is 2. The van der Waals surface area contributed by atoms with Crippen LogP contribution in [0.25, 0.3) is 10.6 Å². The van der Waals surface area contributed by atoms with E-state index >= 15 is 0 Å². The monoisotopic (exact) mass is 456 g/mol. The van der Waals surface area contributed by atoms with E-state index in [4.69, 9.17) is 15.5 Å². The quantitative estimate of drug-likeness (QED) is 0.391. The zero-order chi connectivity index (χ0) is 21.8. The van der Waals surface area contributed by atoms with Crippen LogP contribution in [-0.4, -0.2) is 51.1 Å². The first kappa shape index (κ1) is 22.0. The van der Waals surface area contributed by atoms with Crippen molar-refractivity contribution in [2.45, 2.75) is 44.0 Å². The summed E-state index contributed by atoms with van der Waals surface area (Å²) in [5, 5.41) is 1.76. The van der Waals surface area contributed by atoms with Gasteiger partial charge in [0.2, 0.25) is 5.88 Å². The van der Waals surface area contributed by atoms with E-state index in [1.807, 2.05) is 19.1 Å². The van der Waals surface area contributed by atoms with Crippen LogP contribution in [0.15, 0.2) is 29.6 Å². The highest BCUT2D eigenvalue weighted by Crippen LogP contribution is 2.38. The third-order valence-electron chi connectivity index (χ3n) is 5.19. The summed E-state index contributed by atoms with van der Waals surface area (Å²) in [7, 11) is 0. The van der Waals surface area contributed by atoms with Crippen molar-refractivity contribution in [2.24, 2.45) is 0 Å². The van der Waals surface area contributed by atoms with Crippen LogP contribution < -0.4 is 10.5 Å². The second-order valence-electron chi connectivity index (χ2n) is 7.72. The summed E-state index contributed by atoms with van der Waals surface area (Å²) in [5.74, 6) is 1.14. The molecule has 3 aromatic rings. The number of nitrogens with zero attached hydrogens (tertiary/aromatic N) is 5. The Morgan fingerprint density at radius 3 is 2.77 bits per heavy atom. The lowest BCUT2D eigenvalue weighted by Crippen LogP contribution is -2.25. The maximum atomic E-state index is 5.91. The standard InChI is InChI=1S/C22H28N6OS2/c1-14-12-18(23)26-22(25-14)31-16(3)20-15(2)30-21(27-20)17-6-7-24-19(13-17)29-11-10-28-8-4-5-9-28/h6-7,12-13,16H,4-5,8-11H2,1-3H3,(H2,23,25,26)/t16-/m0/s1. The molecule has 9 heteroatoms. The summed E-state index contributed by atoms with van der Waals surface area (Å²) in [6, 6.07) is 5.74. The smallest absolute Gasteiger partial charge is 0.213 e. The molecule has 0 bridgehead atoms. The van der Waals surface area contributed by atoms with E-state index in [2.05, 4.69) is 33.7 Å². The highest BCUT2D eigenvalue weighted by molar-refractivity contribution is 7.99. The first-order valence-electron chi connectivity index (χ1n) is 10.5. The molecule has 4 rings (SSSR count). The van der Waals surface area contributed by atoms with Crippen molar-refractivity contribution in [3.05, 3.63) is 40.7 Å². The number of likely N-dealkylation sites (tertiary alicyclic amines) is 1. The summed E-state index contributed by atoms with van der Waals surface area (Å²) in [4.78, 5) is 21.7. The average Bonchev–Trinajstić information content (AvgIpc) is 3.37. The molecule has 31 heavy (non-hydrogen) atoms. The van der Waals surface area contributed by atoms with Crippen LogP contribution in [-0.2, 0) is 0 Å². The van der Waals surface area contributed by atoms with E-state index in [0.717, 1.165) is 28.5 Å². The van der Waals surface area contributed by atoms with E-state index in [-0.39, 0.29) is 5.25 Å². The fraction of sp³-hybridized carbons (Fsp3) is 0.455. The van der Waals surface area contributed by atoms with Crippen molar-refractivity contribution >= 4 is 28.9 Å². The fourth-order valence-electron chi connectivity index (χ4n) is 3.65. The third-order valence-corrected chi connectivity index (χ3v) is 7.20. The summed E-state index contributed by atoms with van der Waals surface area (Å²) in [5.41, 5.74) is 8.81. The molecular weight excluding hydrogens is 428 g/mol. The molecule has 1 aliphatic rings. The number of hydrogen-bond acceptors (Lipinski definition) is 9. The minimum atomic E-state index is 0.115. The van der Waals surface area contributed by atoms with Gasteiger partial charge in [-0.3, -0.25) is 4.90 Å². The molecule has 1 saturated heterocycles. The van der Waals surface area contributed by atoms with Gasteiger partial charge in [-0.05, 0) is 52.8 Å². The van der Waals surface area contributed by atoms with Gasteiger partial charge in [0.1, 0.15) is 17.4 Å². The Kier molecular flexibility index (Phi) is 7.04. The largest absolute Gasteiger partial charge is 0.476 e. The summed E-state index contributed by atoms with van der Waals surface area (Å²) in [6.07, 6.45) is 4.37. The minimum absolute atomic E-state index is 0.115. The molecule has 4 heterocycles. The molecule has 0 amide bonds. The van der Waals surface area contributed by atoms with Gasteiger partial charge in [-0.2, -0.15) is 0 Å². The first-order valence-corrected chi connectivity index (χ1v) is 12.2. The van der Waals surface area contributed by atoms with Crippen LogP contribution in [0.5, 0.6) is 5.88 Å². The lowest BCUT2D eigenvalue weighted by Gasteiger charge is -2.14. The van der Waals surface area contributed by atoms with Crippen LogP contribution in [0.3, 0.4) is 0 Å². The van der Waals surface area contributed by atoms with Crippen LogP contribution >= 0.6 is 23.1 Å². The minimum Gasteiger partial charge on any atom is -0.476 e. The summed E-state index contributed by atoms with van der Waals surface area (Å²) in [6.45, 7) is 10.1. The molecule has 0 radical (unpaired) electrons. The number of ether oxygens (including phenoxy) is 1. The van der Waals surface area contributed by atoms with E-state index < -0.39 is 0 Å². The van der Waals surface area contributed by atoms with Crippen molar-refractivity contribution in [3.63, 3.8) is 0 Å². The molecule has 3 aromatic heterocycles. The second-order valence-corrected chi connectivity index (χ2v) is 10.2. The van der Waals surface area contributed by atoms with Gasteiger partial charge in [0.25, 0.3) is 0 Å². The maximum Gasteiger partial charge on any atom is 0.213 e. The van der Waals surface area contributed by atoms with Gasteiger partial charge >= 0.3 is 0 Å². The Morgan fingerprint density at radius 2 is 2.00 bits per heavy atom. The number of nitrogens with two attached hydrogens (primary N) is 1. The van der Waals surface area contributed by atoms with Gasteiger partial charge in [-0.15, -0.1) is 11.3 Å². The maximum absolute atomic E-state index is 5.91. The molecule has 1 atom stereocenters. The number of pyridine rings is 1. The van der Waals surface area contributed by atoms with E-state index in [0.29, 0.717) is 23.5 Å². The SMILES string of the molecule is Cc1cc(N)nc(S[C@@H](C)c2nc(-c3ccnc(OCCN4CCCC4)c3)sc2C)n1. The number of rotatable bonds is 8. The predicted octanol–water partition coefficient (Wildman–Crippen LogP) is 4.52. The Bertz CT molecular complexity index is 1010. The Hall–Kier alpha value is -2.23. The number of nitrogen functional groups attached to an aromatic ring is 1. The van der Waals surface area contributed by atoms with Crippen LogP contribution in [0.1, 0.15) is 41.3 Å². The zero-order valence-electron chi connectivity index (χ0n) is 18.2.